The summed E-state index contributed by atoms with van der Waals surface area (Å²) in [7, 11) is 0. The molecular weight excluding hydrogens is 263 g/mol. The largest absolute Gasteiger partial charge is 0.310 e. The molecule has 0 amide bonds. The highest BCUT2D eigenvalue weighted by atomic mass is 19.2. The number of nitrogens with one attached hydrogen (secondary N) is 1. The van der Waals surface area contributed by atoms with Gasteiger partial charge in [-0.1, -0.05) is 34.6 Å². The average Bonchev–Trinajstić information content (AvgIpc) is 2.72. The smallest absolute Gasteiger partial charge is 0.161 e. The van der Waals surface area contributed by atoms with Gasteiger partial charge in [0.05, 0.1) is 0 Å². The maximum Gasteiger partial charge on any atom is 0.161 e. The lowest BCUT2D eigenvalue weighted by Gasteiger charge is -2.21. The van der Waals surface area contributed by atoms with Gasteiger partial charge in [0.25, 0.3) is 0 Å². The standard InChI is InChI=1S/C16H22F3N/c1-6-20-13(14-15(2,3)16(14,4)5)9-7-11(18)12(19)8-10(9)17/h7-8,13-14,20H,6H2,1-5H3. The van der Waals surface area contributed by atoms with E-state index in [9.17, 15) is 13.2 Å². The summed E-state index contributed by atoms with van der Waals surface area (Å²) < 4.78 is 40.6. The number of hydrogen-bond acceptors (Lipinski definition) is 1. The van der Waals surface area contributed by atoms with E-state index in [0.29, 0.717) is 12.6 Å². The third-order valence-corrected chi connectivity index (χ3v) is 5.26. The number of rotatable bonds is 4. The molecular formula is C16H22F3N. The SMILES string of the molecule is CCNC(c1cc(F)c(F)cc1F)C1C(C)(C)C1(C)C. The Bertz CT molecular complexity index is 509. The van der Waals surface area contributed by atoms with Gasteiger partial charge in [0.2, 0.25) is 0 Å². The van der Waals surface area contributed by atoms with Crippen LogP contribution >= 0.6 is 0 Å². The van der Waals surface area contributed by atoms with Gasteiger partial charge in [-0.2, -0.15) is 0 Å². The van der Waals surface area contributed by atoms with Crippen molar-refractivity contribution in [2.75, 3.05) is 6.54 Å². The van der Waals surface area contributed by atoms with E-state index in [1.807, 2.05) is 6.92 Å². The second-order valence-electron chi connectivity index (χ2n) is 6.74. The molecule has 112 valence electrons. The highest BCUT2D eigenvalue weighted by molar-refractivity contribution is 5.29. The molecule has 2 rings (SSSR count). The summed E-state index contributed by atoms with van der Waals surface area (Å²) >= 11 is 0. The van der Waals surface area contributed by atoms with Gasteiger partial charge in [0.1, 0.15) is 5.82 Å². The highest BCUT2D eigenvalue weighted by Gasteiger charge is 2.67. The average molecular weight is 285 g/mol. The van der Waals surface area contributed by atoms with Crippen molar-refractivity contribution < 1.29 is 13.2 Å². The van der Waals surface area contributed by atoms with Gasteiger partial charge in [0, 0.05) is 17.7 Å². The molecule has 1 aliphatic rings. The monoisotopic (exact) mass is 285 g/mol. The second kappa shape index (κ2) is 4.76. The molecule has 0 aromatic heterocycles. The van der Waals surface area contributed by atoms with Crippen LogP contribution < -0.4 is 5.32 Å². The van der Waals surface area contributed by atoms with Crippen LogP contribution in [0.3, 0.4) is 0 Å². The Morgan fingerprint density at radius 2 is 1.50 bits per heavy atom. The molecule has 0 radical (unpaired) electrons. The summed E-state index contributed by atoms with van der Waals surface area (Å²) in [6, 6.07) is 1.32. The lowest BCUT2D eigenvalue weighted by atomic mass is 9.95. The summed E-state index contributed by atoms with van der Waals surface area (Å²) in [6.07, 6.45) is 0. The first-order valence-electron chi connectivity index (χ1n) is 7.02. The maximum atomic E-state index is 14.0. The molecule has 0 heterocycles. The molecule has 1 atom stereocenters. The quantitative estimate of drug-likeness (QED) is 0.807. The molecule has 1 fully saturated rings. The summed E-state index contributed by atoms with van der Waals surface area (Å²) in [4.78, 5) is 0. The van der Waals surface area contributed by atoms with E-state index in [0.717, 1.165) is 6.07 Å². The van der Waals surface area contributed by atoms with Crippen molar-refractivity contribution >= 4 is 0 Å². The molecule has 0 saturated heterocycles. The zero-order chi connectivity index (χ0) is 15.3. The second-order valence-corrected chi connectivity index (χ2v) is 6.74. The van der Waals surface area contributed by atoms with Crippen molar-refractivity contribution in [1.29, 1.82) is 0 Å². The lowest BCUT2D eigenvalue weighted by molar-refractivity contribution is 0.396. The van der Waals surface area contributed by atoms with Gasteiger partial charge < -0.3 is 5.32 Å². The molecule has 1 saturated carbocycles. The van der Waals surface area contributed by atoms with Crippen molar-refractivity contribution in [2.24, 2.45) is 16.7 Å². The Kier molecular flexibility index (Phi) is 3.66. The van der Waals surface area contributed by atoms with Crippen molar-refractivity contribution in [3.8, 4) is 0 Å². The summed E-state index contributed by atoms with van der Waals surface area (Å²) in [6.45, 7) is 11.1. The Labute approximate surface area is 118 Å². The predicted octanol–water partition coefficient (Wildman–Crippen LogP) is 4.44. The molecule has 1 aromatic carbocycles. The van der Waals surface area contributed by atoms with Crippen LogP contribution in [0.1, 0.15) is 46.2 Å². The van der Waals surface area contributed by atoms with Crippen molar-refractivity contribution in [3.05, 3.63) is 35.1 Å². The van der Waals surface area contributed by atoms with Gasteiger partial charge in [-0.3, -0.25) is 0 Å². The molecule has 0 aliphatic heterocycles. The third-order valence-electron chi connectivity index (χ3n) is 5.26. The number of benzene rings is 1. The topological polar surface area (TPSA) is 12.0 Å². The molecule has 1 nitrogen and oxygen atoms in total. The van der Waals surface area contributed by atoms with Gasteiger partial charge >= 0.3 is 0 Å². The van der Waals surface area contributed by atoms with Gasteiger partial charge in [-0.05, 0) is 29.4 Å². The fourth-order valence-corrected chi connectivity index (χ4v) is 3.48. The van der Waals surface area contributed by atoms with E-state index < -0.39 is 17.5 Å². The van der Waals surface area contributed by atoms with E-state index in [-0.39, 0.29) is 28.4 Å². The van der Waals surface area contributed by atoms with E-state index in [2.05, 4.69) is 33.0 Å². The van der Waals surface area contributed by atoms with Crippen molar-refractivity contribution in [2.45, 2.75) is 40.7 Å². The zero-order valence-electron chi connectivity index (χ0n) is 12.7. The molecule has 0 bridgehead atoms. The normalized spacial score (nSPS) is 21.8. The van der Waals surface area contributed by atoms with Crippen LogP contribution in [0.2, 0.25) is 0 Å². The number of hydrogen-bond donors (Lipinski definition) is 1. The van der Waals surface area contributed by atoms with E-state index >= 15 is 0 Å². The van der Waals surface area contributed by atoms with Crippen LogP contribution in [0.5, 0.6) is 0 Å². The summed E-state index contributed by atoms with van der Waals surface area (Å²) in [5.74, 6) is -2.65. The van der Waals surface area contributed by atoms with E-state index in [4.69, 9.17) is 0 Å². The maximum absolute atomic E-state index is 14.0. The fraction of sp³-hybridized carbons (Fsp3) is 0.625. The van der Waals surface area contributed by atoms with Gasteiger partial charge in [0.15, 0.2) is 11.6 Å². The molecule has 20 heavy (non-hydrogen) atoms. The van der Waals surface area contributed by atoms with Crippen LogP contribution in [0.15, 0.2) is 12.1 Å². The molecule has 1 unspecified atom stereocenters. The van der Waals surface area contributed by atoms with Crippen LogP contribution in [0.25, 0.3) is 0 Å². The Morgan fingerprint density at radius 3 is 1.95 bits per heavy atom. The zero-order valence-corrected chi connectivity index (χ0v) is 12.7. The van der Waals surface area contributed by atoms with Crippen LogP contribution in [0, 0.1) is 34.2 Å². The molecule has 0 spiro atoms. The van der Waals surface area contributed by atoms with Gasteiger partial charge in [-0.15, -0.1) is 0 Å². The molecule has 1 N–H and O–H groups in total. The van der Waals surface area contributed by atoms with Gasteiger partial charge in [-0.25, -0.2) is 13.2 Å². The van der Waals surface area contributed by atoms with Crippen LogP contribution in [-0.4, -0.2) is 6.54 Å². The minimum absolute atomic E-state index is 0.0249. The summed E-state index contributed by atoms with van der Waals surface area (Å²) in [5.41, 5.74) is 0.267. The fourth-order valence-electron chi connectivity index (χ4n) is 3.48. The molecule has 1 aromatic rings. The predicted molar refractivity (Wildman–Crippen MR) is 73.8 cm³/mol. The minimum atomic E-state index is -1.14. The third kappa shape index (κ3) is 2.14. The molecule has 1 aliphatic carbocycles. The Hall–Kier alpha value is -1.03. The van der Waals surface area contributed by atoms with Crippen LogP contribution in [-0.2, 0) is 0 Å². The highest BCUT2D eigenvalue weighted by Crippen LogP contribution is 2.72. The van der Waals surface area contributed by atoms with Crippen molar-refractivity contribution in [1.82, 2.24) is 5.32 Å². The first-order valence-corrected chi connectivity index (χ1v) is 7.02. The first kappa shape index (κ1) is 15.4. The Balaban J connectivity index is 2.44. The first-order chi connectivity index (χ1) is 9.14. The summed E-state index contributed by atoms with van der Waals surface area (Å²) in [5, 5.41) is 3.23. The van der Waals surface area contributed by atoms with Crippen molar-refractivity contribution in [3.63, 3.8) is 0 Å². The number of halogens is 3. The van der Waals surface area contributed by atoms with E-state index in [1.54, 1.807) is 0 Å². The minimum Gasteiger partial charge on any atom is -0.310 e. The lowest BCUT2D eigenvalue weighted by Crippen LogP contribution is -2.26. The van der Waals surface area contributed by atoms with Crippen LogP contribution in [0.4, 0.5) is 13.2 Å². The Morgan fingerprint density at radius 1 is 1.00 bits per heavy atom. The van der Waals surface area contributed by atoms with E-state index in [1.165, 1.54) is 0 Å². The molecule has 4 heteroatoms.